The van der Waals surface area contributed by atoms with Gasteiger partial charge in [0.15, 0.2) is 0 Å². The average Bonchev–Trinajstić information content (AvgIpc) is 2.44. The molecule has 2 aromatic carbocycles. The van der Waals surface area contributed by atoms with Gasteiger partial charge >= 0.3 is 0 Å². The topological polar surface area (TPSA) is 41.5 Å². The van der Waals surface area contributed by atoms with E-state index in [9.17, 15) is 5.11 Å². The molecule has 0 saturated heterocycles. The summed E-state index contributed by atoms with van der Waals surface area (Å²) in [6.45, 7) is 7.58. The third-order valence-electron chi connectivity index (χ3n) is 3.44. The molecule has 0 aromatic heterocycles. The molecule has 0 fully saturated rings. The molecule has 2 rings (SSSR count). The summed E-state index contributed by atoms with van der Waals surface area (Å²) in [5.41, 5.74) is 4.34. The summed E-state index contributed by atoms with van der Waals surface area (Å²) in [4.78, 5) is 0. The number of aromatic hydroxyl groups is 1. The van der Waals surface area contributed by atoms with Crippen LogP contribution in [0.25, 0.3) is 0 Å². The normalized spacial score (nSPS) is 10.4. The highest BCUT2D eigenvalue weighted by Crippen LogP contribution is 2.20. The zero-order chi connectivity index (χ0) is 15.2. The van der Waals surface area contributed by atoms with Gasteiger partial charge in [0.1, 0.15) is 11.5 Å². The molecule has 2 N–H and O–H groups in total. The number of phenolic OH excluding ortho intramolecular Hbond substituents is 1. The third kappa shape index (κ3) is 4.42. The smallest absolute Gasteiger partial charge is 0.122 e. The number of benzene rings is 2. The van der Waals surface area contributed by atoms with Crippen molar-refractivity contribution in [2.24, 2.45) is 0 Å². The maximum atomic E-state index is 9.48. The molecular weight excluding hydrogens is 262 g/mol. The second-order valence-electron chi connectivity index (χ2n) is 5.40. The molecule has 112 valence electrons. The van der Waals surface area contributed by atoms with Crippen molar-refractivity contribution in [2.45, 2.75) is 27.2 Å². The Kier molecular flexibility index (Phi) is 5.09. The number of aryl methyl sites for hydroxylation is 3. The number of hydrogen-bond acceptors (Lipinski definition) is 3. The second-order valence-corrected chi connectivity index (χ2v) is 5.40. The predicted molar refractivity (Wildman–Crippen MR) is 87.4 cm³/mol. The fraction of sp³-hybridized carbons (Fsp3) is 0.333. The van der Waals surface area contributed by atoms with Gasteiger partial charge in [0.2, 0.25) is 0 Å². The first kappa shape index (κ1) is 15.2. The molecule has 0 aliphatic heterocycles. The van der Waals surface area contributed by atoms with Crippen LogP contribution in [0.5, 0.6) is 11.5 Å². The monoisotopic (exact) mass is 285 g/mol. The predicted octanol–water partition coefficient (Wildman–Crippen LogP) is 4.20. The molecule has 0 bridgehead atoms. The van der Waals surface area contributed by atoms with E-state index in [2.05, 4.69) is 31.3 Å². The van der Waals surface area contributed by atoms with E-state index in [0.29, 0.717) is 12.4 Å². The van der Waals surface area contributed by atoms with Gasteiger partial charge in [0.25, 0.3) is 0 Å². The lowest BCUT2D eigenvalue weighted by Crippen LogP contribution is -2.07. The zero-order valence-corrected chi connectivity index (χ0v) is 12.9. The Balaban J connectivity index is 1.73. The van der Waals surface area contributed by atoms with Gasteiger partial charge in [0.05, 0.1) is 6.61 Å². The van der Waals surface area contributed by atoms with Gasteiger partial charge in [0, 0.05) is 12.2 Å². The molecule has 0 atom stereocenters. The van der Waals surface area contributed by atoms with Crippen LogP contribution in [-0.4, -0.2) is 18.3 Å². The molecular formula is C18H23NO2. The van der Waals surface area contributed by atoms with E-state index in [-0.39, 0.29) is 0 Å². The van der Waals surface area contributed by atoms with Crippen molar-refractivity contribution in [3.63, 3.8) is 0 Å². The Morgan fingerprint density at radius 2 is 1.81 bits per heavy atom. The van der Waals surface area contributed by atoms with E-state index in [1.165, 1.54) is 11.1 Å². The zero-order valence-electron chi connectivity index (χ0n) is 12.9. The van der Waals surface area contributed by atoms with Crippen LogP contribution in [0.2, 0.25) is 0 Å². The molecule has 0 aliphatic carbocycles. The molecule has 21 heavy (non-hydrogen) atoms. The molecule has 0 saturated carbocycles. The quantitative estimate of drug-likeness (QED) is 0.617. The van der Waals surface area contributed by atoms with Crippen LogP contribution >= 0.6 is 0 Å². The standard InChI is InChI=1S/C18H23NO2/c1-13-5-8-18(15(3)11-13)21-10-4-9-19-16-6-7-17(20)14(2)12-16/h5-8,11-12,19-20H,4,9-10H2,1-3H3. The molecule has 3 nitrogen and oxygen atoms in total. The number of phenols is 1. The van der Waals surface area contributed by atoms with Crippen LogP contribution in [-0.2, 0) is 0 Å². The highest BCUT2D eigenvalue weighted by atomic mass is 16.5. The maximum Gasteiger partial charge on any atom is 0.122 e. The van der Waals surface area contributed by atoms with Crippen molar-refractivity contribution in [2.75, 3.05) is 18.5 Å². The fourth-order valence-corrected chi connectivity index (χ4v) is 2.21. The van der Waals surface area contributed by atoms with E-state index in [1.54, 1.807) is 6.07 Å². The largest absolute Gasteiger partial charge is 0.508 e. The molecule has 0 heterocycles. The maximum absolute atomic E-state index is 9.48. The van der Waals surface area contributed by atoms with Crippen molar-refractivity contribution < 1.29 is 9.84 Å². The molecule has 0 amide bonds. The molecule has 2 aromatic rings. The van der Waals surface area contributed by atoms with Gasteiger partial charge in [-0.25, -0.2) is 0 Å². The number of ether oxygens (including phenoxy) is 1. The van der Waals surface area contributed by atoms with Gasteiger partial charge in [-0.2, -0.15) is 0 Å². The van der Waals surface area contributed by atoms with Crippen molar-refractivity contribution >= 4 is 5.69 Å². The SMILES string of the molecule is Cc1ccc(OCCCNc2ccc(O)c(C)c2)c(C)c1. The number of nitrogens with one attached hydrogen (secondary N) is 1. The molecule has 3 heteroatoms. The van der Waals surface area contributed by atoms with E-state index in [1.807, 2.05) is 25.1 Å². The van der Waals surface area contributed by atoms with Crippen LogP contribution < -0.4 is 10.1 Å². The number of hydrogen-bond donors (Lipinski definition) is 2. The van der Waals surface area contributed by atoms with Gasteiger partial charge in [-0.05, 0) is 62.6 Å². The van der Waals surface area contributed by atoms with Crippen molar-refractivity contribution in [3.05, 3.63) is 53.1 Å². The van der Waals surface area contributed by atoms with Crippen LogP contribution in [0.3, 0.4) is 0 Å². The van der Waals surface area contributed by atoms with Gasteiger partial charge < -0.3 is 15.2 Å². The number of anilines is 1. The molecule has 0 unspecified atom stereocenters. The molecule has 0 aliphatic rings. The second kappa shape index (κ2) is 7.02. The van der Waals surface area contributed by atoms with E-state index in [4.69, 9.17) is 4.74 Å². The molecule has 0 spiro atoms. The third-order valence-corrected chi connectivity index (χ3v) is 3.44. The Hall–Kier alpha value is -2.16. The summed E-state index contributed by atoms with van der Waals surface area (Å²) in [7, 11) is 0. The first-order valence-electron chi connectivity index (χ1n) is 7.30. The van der Waals surface area contributed by atoms with Crippen molar-refractivity contribution in [1.82, 2.24) is 0 Å². The number of rotatable bonds is 6. The summed E-state index contributed by atoms with van der Waals surface area (Å²) in [5.74, 6) is 1.29. The lowest BCUT2D eigenvalue weighted by molar-refractivity contribution is 0.313. The van der Waals surface area contributed by atoms with Crippen molar-refractivity contribution in [3.8, 4) is 11.5 Å². The Morgan fingerprint density at radius 1 is 1.00 bits per heavy atom. The minimum absolute atomic E-state index is 0.332. The van der Waals surface area contributed by atoms with Crippen LogP contribution in [0.1, 0.15) is 23.1 Å². The Bertz CT molecular complexity index is 608. The van der Waals surface area contributed by atoms with Crippen LogP contribution in [0.15, 0.2) is 36.4 Å². The van der Waals surface area contributed by atoms with E-state index >= 15 is 0 Å². The van der Waals surface area contributed by atoms with Crippen LogP contribution in [0, 0.1) is 20.8 Å². The summed E-state index contributed by atoms with van der Waals surface area (Å²) in [6.07, 6.45) is 0.924. The lowest BCUT2D eigenvalue weighted by atomic mass is 10.1. The first-order valence-corrected chi connectivity index (χ1v) is 7.30. The lowest BCUT2D eigenvalue weighted by Gasteiger charge is -2.11. The van der Waals surface area contributed by atoms with Crippen LogP contribution in [0.4, 0.5) is 5.69 Å². The van der Waals surface area contributed by atoms with E-state index < -0.39 is 0 Å². The minimum Gasteiger partial charge on any atom is -0.508 e. The van der Waals surface area contributed by atoms with Crippen molar-refractivity contribution in [1.29, 1.82) is 0 Å². The summed E-state index contributed by atoms with van der Waals surface area (Å²) in [5, 5.41) is 12.8. The van der Waals surface area contributed by atoms with Gasteiger partial charge in [-0.1, -0.05) is 17.7 Å². The van der Waals surface area contributed by atoms with E-state index in [0.717, 1.165) is 30.0 Å². The fourth-order valence-electron chi connectivity index (χ4n) is 2.21. The first-order chi connectivity index (χ1) is 10.1. The summed E-state index contributed by atoms with van der Waals surface area (Å²) in [6, 6.07) is 11.8. The molecule has 0 radical (unpaired) electrons. The Morgan fingerprint density at radius 3 is 2.52 bits per heavy atom. The highest BCUT2D eigenvalue weighted by molar-refractivity contribution is 5.50. The van der Waals surface area contributed by atoms with Gasteiger partial charge in [-0.3, -0.25) is 0 Å². The van der Waals surface area contributed by atoms with Gasteiger partial charge in [-0.15, -0.1) is 0 Å². The summed E-state index contributed by atoms with van der Waals surface area (Å²) >= 11 is 0. The average molecular weight is 285 g/mol. The summed E-state index contributed by atoms with van der Waals surface area (Å²) < 4.78 is 5.79. The minimum atomic E-state index is 0.332. The highest BCUT2D eigenvalue weighted by Gasteiger charge is 2.00. The Labute approximate surface area is 126 Å².